The summed E-state index contributed by atoms with van der Waals surface area (Å²) in [7, 11) is 0. The van der Waals surface area contributed by atoms with Crippen LogP contribution in [0, 0.1) is 5.82 Å². The average Bonchev–Trinajstić information content (AvgIpc) is 3.24. The van der Waals surface area contributed by atoms with Gasteiger partial charge in [-0.15, -0.1) is 0 Å². The monoisotopic (exact) mass is 389 g/mol. The molecule has 0 bridgehead atoms. The van der Waals surface area contributed by atoms with Crippen LogP contribution in [-0.4, -0.2) is 20.2 Å². The molecule has 0 unspecified atom stereocenters. The Hall–Kier alpha value is -3.38. The highest BCUT2D eigenvalue weighted by molar-refractivity contribution is 5.63. The molecule has 5 nitrogen and oxygen atoms in total. The van der Waals surface area contributed by atoms with E-state index in [1.54, 1.807) is 18.3 Å². The lowest BCUT2D eigenvalue weighted by molar-refractivity contribution is 0.276. The zero-order chi connectivity index (χ0) is 20.1. The molecule has 2 heterocycles. The summed E-state index contributed by atoms with van der Waals surface area (Å²) < 4.78 is 18.9. The molecule has 0 saturated carbocycles. The Kier molecular flexibility index (Phi) is 5.72. The highest BCUT2D eigenvalue weighted by atomic mass is 19.1. The molecule has 0 radical (unpaired) electrons. The Morgan fingerprint density at radius 2 is 1.76 bits per heavy atom. The first-order chi connectivity index (χ1) is 14.2. The van der Waals surface area contributed by atoms with Gasteiger partial charge in [-0.3, -0.25) is 4.98 Å². The first-order valence-corrected chi connectivity index (χ1v) is 9.45. The number of aliphatic hydroxyl groups is 1. The van der Waals surface area contributed by atoms with Gasteiger partial charge in [-0.25, -0.2) is 4.39 Å². The second kappa shape index (κ2) is 8.75. The minimum atomic E-state index is -0.432. The van der Waals surface area contributed by atoms with Crippen LogP contribution in [0.25, 0.3) is 22.7 Å². The smallest absolute Gasteiger partial charge is 0.259 e. The van der Waals surface area contributed by atoms with Crippen molar-refractivity contribution in [2.75, 3.05) is 0 Å². The number of halogens is 1. The molecular formula is C23H20FN3O2. The third kappa shape index (κ3) is 4.55. The molecule has 6 heteroatoms. The van der Waals surface area contributed by atoms with E-state index in [2.05, 4.69) is 27.3 Å². The Morgan fingerprint density at radius 3 is 2.52 bits per heavy atom. The van der Waals surface area contributed by atoms with Gasteiger partial charge < -0.3 is 9.63 Å². The molecule has 1 N–H and O–H groups in total. The van der Waals surface area contributed by atoms with E-state index >= 15 is 0 Å². The first-order valence-electron chi connectivity index (χ1n) is 9.45. The molecular weight excluding hydrogens is 369 g/mol. The van der Waals surface area contributed by atoms with Crippen molar-refractivity contribution in [1.82, 2.24) is 15.1 Å². The third-order valence-corrected chi connectivity index (χ3v) is 4.70. The molecule has 0 atom stereocenters. The summed E-state index contributed by atoms with van der Waals surface area (Å²) in [5.74, 6) is 0.665. The summed E-state index contributed by atoms with van der Waals surface area (Å²) in [4.78, 5) is 8.86. The quantitative estimate of drug-likeness (QED) is 0.500. The Morgan fingerprint density at radius 1 is 0.931 bits per heavy atom. The standard InChI is InChI=1S/C23H20FN3O2/c24-20-11-9-17(13-19(20)15-28)21-12-10-18(14-25-21)23-26-22(27-29-23)8-4-7-16-5-2-1-3-6-16/h1-3,5-6,9-14,28H,4,7-8,15H2. The molecule has 0 aliphatic carbocycles. The molecule has 0 saturated heterocycles. The highest BCUT2D eigenvalue weighted by Crippen LogP contribution is 2.23. The van der Waals surface area contributed by atoms with Gasteiger partial charge in [0.25, 0.3) is 5.89 Å². The molecule has 4 rings (SSSR count). The van der Waals surface area contributed by atoms with Crippen LogP contribution in [0.3, 0.4) is 0 Å². The fraction of sp³-hybridized carbons (Fsp3) is 0.174. The average molecular weight is 389 g/mol. The van der Waals surface area contributed by atoms with E-state index in [1.807, 2.05) is 30.3 Å². The van der Waals surface area contributed by atoms with Gasteiger partial charge >= 0.3 is 0 Å². The van der Waals surface area contributed by atoms with Crippen molar-refractivity contribution in [3.8, 4) is 22.7 Å². The molecule has 0 aliphatic heterocycles. The number of pyridine rings is 1. The van der Waals surface area contributed by atoms with E-state index in [0.29, 0.717) is 17.4 Å². The Bertz CT molecular complexity index is 1080. The molecule has 0 fully saturated rings. The maximum atomic E-state index is 13.6. The van der Waals surface area contributed by atoms with Gasteiger partial charge in [0.2, 0.25) is 0 Å². The van der Waals surface area contributed by atoms with Gasteiger partial charge in [-0.2, -0.15) is 4.98 Å². The summed E-state index contributed by atoms with van der Waals surface area (Å²) in [6.07, 6.45) is 4.30. The van der Waals surface area contributed by atoms with E-state index in [-0.39, 0.29) is 12.2 Å². The van der Waals surface area contributed by atoms with Crippen LogP contribution < -0.4 is 0 Å². The molecule has 0 aliphatic rings. The lowest BCUT2D eigenvalue weighted by atomic mass is 10.1. The zero-order valence-corrected chi connectivity index (χ0v) is 15.8. The summed E-state index contributed by atoms with van der Waals surface area (Å²) >= 11 is 0. The lowest BCUT2D eigenvalue weighted by Gasteiger charge is -2.05. The molecule has 146 valence electrons. The van der Waals surface area contributed by atoms with Gasteiger partial charge in [0, 0.05) is 23.7 Å². The molecule has 4 aromatic rings. The van der Waals surface area contributed by atoms with Crippen molar-refractivity contribution in [3.63, 3.8) is 0 Å². The van der Waals surface area contributed by atoms with Gasteiger partial charge in [0.15, 0.2) is 5.82 Å². The first kappa shape index (κ1) is 19.0. The number of rotatable bonds is 7. The number of hydrogen-bond acceptors (Lipinski definition) is 5. The molecule has 2 aromatic heterocycles. The number of benzene rings is 2. The fourth-order valence-corrected chi connectivity index (χ4v) is 3.11. The van der Waals surface area contributed by atoms with E-state index in [0.717, 1.165) is 30.4 Å². The van der Waals surface area contributed by atoms with Crippen LogP contribution in [0.15, 0.2) is 71.4 Å². The van der Waals surface area contributed by atoms with E-state index < -0.39 is 5.82 Å². The number of aliphatic hydroxyl groups excluding tert-OH is 1. The van der Waals surface area contributed by atoms with Crippen molar-refractivity contribution in [2.45, 2.75) is 25.9 Å². The second-order valence-corrected chi connectivity index (χ2v) is 6.75. The van der Waals surface area contributed by atoms with Crippen LogP contribution >= 0.6 is 0 Å². The summed E-state index contributed by atoms with van der Waals surface area (Å²) in [5, 5.41) is 13.3. The number of nitrogens with zero attached hydrogens (tertiary/aromatic N) is 3. The number of hydrogen-bond donors (Lipinski definition) is 1. The highest BCUT2D eigenvalue weighted by Gasteiger charge is 2.11. The largest absolute Gasteiger partial charge is 0.392 e. The number of aryl methyl sites for hydroxylation is 2. The maximum absolute atomic E-state index is 13.6. The SMILES string of the molecule is OCc1cc(-c2ccc(-c3nc(CCCc4ccccc4)no3)cn2)ccc1F. The van der Waals surface area contributed by atoms with E-state index in [4.69, 9.17) is 4.52 Å². The molecule has 2 aromatic carbocycles. The van der Waals surface area contributed by atoms with Crippen molar-refractivity contribution < 1.29 is 14.0 Å². The molecule has 0 amide bonds. The van der Waals surface area contributed by atoms with Crippen LogP contribution in [0.2, 0.25) is 0 Å². The van der Waals surface area contributed by atoms with E-state index in [9.17, 15) is 9.50 Å². The number of aromatic nitrogens is 3. The van der Waals surface area contributed by atoms with Gasteiger partial charge in [0.1, 0.15) is 5.82 Å². The second-order valence-electron chi connectivity index (χ2n) is 6.75. The fourth-order valence-electron chi connectivity index (χ4n) is 3.11. The predicted octanol–water partition coefficient (Wildman–Crippen LogP) is 4.61. The summed E-state index contributed by atoms with van der Waals surface area (Å²) in [6.45, 7) is -0.354. The Labute approximate surface area is 167 Å². The predicted molar refractivity (Wildman–Crippen MR) is 107 cm³/mol. The van der Waals surface area contributed by atoms with Crippen LogP contribution in [0.5, 0.6) is 0 Å². The van der Waals surface area contributed by atoms with Crippen LogP contribution in [0.1, 0.15) is 23.4 Å². The molecule has 0 spiro atoms. The van der Waals surface area contributed by atoms with Crippen molar-refractivity contribution in [1.29, 1.82) is 0 Å². The van der Waals surface area contributed by atoms with Gasteiger partial charge in [0.05, 0.1) is 17.9 Å². The molecule has 29 heavy (non-hydrogen) atoms. The van der Waals surface area contributed by atoms with Crippen molar-refractivity contribution >= 4 is 0 Å². The maximum Gasteiger partial charge on any atom is 0.259 e. The van der Waals surface area contributed by atoms with Crippen LogP contribution in [-0.2, 0) is 19.4 Å². The van der Waals surface area contributed by atoms with Gasteiger partial charge in [-0.1, -0.05) is 35.5 Å². The van der Waals surface area contributed by atoms with Crippen molar-refractivity contribution in [3.05, 3.63) is 89.6 Å². The minimum absolute atomic E-state index is 0.241. The summed E-state index contributed by atoms with van der Waals surface area (Å²) in [5.41, 5.74) is 3.66. The lowest BCUT2D eigenvalue weighted by Crippen LogP contribution is -1.93. The van der Waals surface area contributed by atoms with Crippen molar-refractivity contribution in [2.24, 2.45) is 0 Å². The topological polar surface area (TPSA) is 72.0 Å². The minimum Gasteiger partial charge on any atom is -0.392 e. The van der Waals surface area contributed by atoms with Gasteiger partial charge in [-0.05, 0) is 48.7 Å². The summed E-state index contributed by atoms with van der Waals surface area (Å²) in [6, 6.07) is 18.5. The zero-order valence-electron chi connectivity index (χ0n) is 15.8. The third-order valence-electron chi connectivity index (χ3n) is 4.70. The van der Waals surface area contributed by atoms with Crippen LogP contribution in [0.4, 0.5) is 4.39 Å². The normalized spacial score (nSPS) is 11.0. The van der Waals surface area contributed by atoms with E-state index in [1.165, 1.54) is 11.6 Å². The Balaban J connectivity index is 1.42.